The maximum atomic E-state index is 12.4. The molecular weight excluding hydrogens is 308 g/mol. The topological polar surface area (TPSA) is 97.1 Å². The van der Waals surface area contributed by atoms with E-state index in [4.69, 9.17) is 5.11 Å². The Morgan fingerprint density at radius 1 is 1.21 bits per heavy atom. The largest absolute Gasteiger partial charge is 0.480 e. The maximum Gasteiger partial charge on any atom is 0.328 e. The summed E-state index contributed by atoms with van der Waals surface area (Å²) >= 11 is 0. The lowest BCUT2D eigenvalue weighted by molar-refractivity contribution is -0.140. The molecule has 0 aromatic carbocycles. The molecule has 1 atom stereocenters. The number of aromatic nitrogens is 3. The Hall–Kier alpha value is -1.92. The molecule has 0 radical (unpaired) electrons. The quantitative estimate of drug-likeness (QED) is 0.795. The molecule has 7 heteroatoms. The van der Waals surface area contributed by atoms with Crippen molar-refractivity contribution in [3.8, 4) is 0 Å². The first-order valence-electron chi connectivity index (χ1n) is 8.65. The number of carbonyl (C=O) groups excluding carboxylic acids is 1. The Morgan fingerprint density at radius 3 is 2.29 bits per heavy atom. The van der Waals surface area contributed by atoms with Crippen molar-refractivity contribution in [1.29, 1.82) is 0 Å². The average Bonchev–Trinajstić information content (AvgIpc) is 2.89. The van der Waals surface area contributed by atoms with Gasteiger partial charge in [0.05, 0.1) is 5.69 Å². The van der Waals surface area contributed by atoms with E-state index < -0.39 is 12.0 Å². The smallest absolute Gasteiger partial charge is 0.328 e. The van der Waals surface area contributed by atoms with Crippen molar-refractivity contribution in [3.63, 3.8) is 0 Å². The van der Waals surface area contributed by atoms with Crippen LogP contribution in [0.15, 0.2) is 6.20 Å². The molecule has 1 heterocycles. The molecule has 0 spiro atoms. The molecule has 1 saturated carbocycles. The van der Waals surface area contributed by atoms with E-state index in [0.717, 1.165) is 18.5 Å². The zero-order chi connectivity index (χ0) is 18.0. The zero-order valence-corrected chi connectivity index (χ0v) is 15.1. The summed E-state index contributed by atoms with van der Waals surface area (Å²) in [5.41, 5.74) is 0.804. The van der Waals surface area contributed by atoms with Gasteiger partial charge >= 0.3 is 5.97 Å². The van der Waals surface area contributed by atoms with Crippen LogP contribution in [-0.2, 0) is 9.59 Å². The molecule has 0 aliphatic heterocycles. The molecule has 1 amide bonds. The first-order chi connectivity index (χ1) is 11.2. The minimum absolute atomic E-state index is 0.0290. The molecular formula is C17H28N4O3. The highest BCUT2D eigenvalue weighted by Gasteiger charge is 2.36. The Kier molecular flexibility index (Phi) is 5.62. The van der Waals surface area contributed by atoms with Crippen LogP contribution in [0.2, 0.25) is 0 Å². The van der Waals surface area contributed by atoms with Gasteiger partial charge in [-0.3, -0.25) is 4.79 Å². The van der Waals surface area contributed by atoms with E-state index in [9.17, 15) is 9.59 Å². The molecule has 134 valence electrons. The van der Waals surface area contributed by atoms with Crippen LogP contribution >= 0.6 is 0 Å². The molecule has 0 saturated heterocycles. The van der Waals surface area contributed by atoms with Gasteiger partial charge in [0.25, 0.3) is 0 Å². The molecule has 1 aromatic heterocycles. The van der Waals surface area contributed by atoms with Crippen LogP contribution in [0.3, 0.4) is 0 Å². The average molecular weight is 336 g/mol. The van der Waals surface area contributed by atoms with Crippen molar-refractivity contribution in [2.75, 3.05) is 0 Å². The molecule has 1 aromatic rings. The second-order valence-electron chi connectivity index (χ2n) is 7.53. The third-order valence-corrected chi connectivity index (χ3v) is 4.92. The van der Waals surface area contributed by atoms with E-state index in [-0.39, 0.29) is 23.8 Å². The number of carbonyl (C=O) groups is 2. The standard InChI is InChI=1S/C17H28N4O3/c1-9(2)15(10(3)4)16(22)18-13-6-12(7-13)14-8-21(20-19-14)11(5)17(23)24/h8-13,15H,6-7H2,1-5H3,(H,18,22)(H,23,24). The van der Waals surface area contributed by atoms with E-state index in [2.05, 4.69) is 43.3 Å². The summed E-state index contributed by atoms with van der Waals surface area (Å²) in [6.45, 7) is 9.89. The fourth-order valence-electron chi connectivity index (χ4n) is 3.43. The Labute approximate surface area is 142 Å². The van der Waals surface area contributed by atoms with Crippen LogP contribution in [0.5, 0.6) is 0 Å². The Bertz CT molecular complexity index is 582. The number of carboxylic acids is 1. The molecule has 0 bridgehead atoms. The summed E-state index contributed by atoms with van der Waals surface area (Å²) in [7, 11) is 0. The molecule has 1 unspecified atom stereocenters. The van der Waals surface area contributed by atoms with Crippen LogP contribution < -0.4 is 5.32 Å². The number of amides is 1. The van der Waals surface area contributed by atoms with E-state index in [0.29, 0.717) is 11.8 Å². The maximum absolute atomic E-state index is 12.4. The van der Waals surface area contributed by atoms with Gasteiger partial charge in [-0.1, -0.05) is 32.9 Å². The first kappa shape index (κ1) is 18.4. The van der Waals surface area contributed by atoms with Crippen LogP contribution in [0, 0.1) is 17.8 Å². The number of rotatable bonds is 7. The van der Waals surface area contributed by atoms with Crippen LogP contribution in [0.1, 0.15) is 65.1 Å². The predicted molar refractivity (Wildman–Crippen MR) is 89.4 cm³/mol. The predicted octanol–water partition coefficient (Wildman–Crippen LogP) is 2.21. The summed E-state index contributed by atoms with van der Waals surface area (Å²) in [6, 6.07) is -0.552. The fourth-order valence-corrected chi connectivity index (χ4v) is 3.43. The summed E-state index contributed by atoms with van der Waals surface area (Å²) in [5.74, 6) is 0.102. The minimum Gasteiger partial charge on any atom is -0.480 e. The summed E-state index contributed by atoms with van der Waals surface area (Å²) in [6.07, 6.45) is 3.36. The lowest BCUT2D eigenvalue weighted by Gasteiger charge is -2.36. The van der Waals surface area contributed by atoms with Crippen molar-refractivity contribution in [1.82, 2.24) is 20.3 Å². The summed E-state index contributed by atoms with van der Waals surface area (Å²) in [4.78, 5) is 23.4. The number of nitrogens with one attached hydrogen (secondary N) is 1. The van der Waals surface area contributed by atoms with Crippen LogP contribution in [0.25, 0.3) is 0 Å². The highest BCUT2D eigenvalue weighted by molar-refractivity contribution is 5.79. The number of hydrogen-bond donors (Lipinski definition) is 2. The van der Waals surface area contributed by atoms with Gasteiger partial charge in [0.2, 0.25) is 5.91 Å². The van der Waals surface area contributed by atoms with Gasteiger partial charge in [0.1, 0.15) is 6.04 Å². The van der Waals surface area contributed by atoms with Gasteiger partial charge in [0.15, 0.2) is 0 Å². The SMILES string of the molecule is CC(C)C(C(=O)NC1CC(c2cn(C(C)C(=O)O)nn2)C1)C(C)C. The fraction of sp³-hybridized carbons (Fsp3) is 0.765. The molecule has 1 aliphatic carbocycles. The monoisotopic (exact) mass is 336 g/mol. The lowest BCUT2D eigenvalue weighted by Crippen LogP contribution is -2.47. The normalized spacial score (nSPS) is 21.8. The van der Waals surface area contributed by atoms with Gasteiger partial charge < -0.3 is 10.4 Å². The lowest BCUT2D eigenvalue weighted by atomic mass is 9.77. The number of nitrogens with zero attached hydrogens (tertiary/aromatic N) is 3. The third kappa shape index (κ3) is 3.94. The summed E-state index contributed by atoms with van der Waals surface area (Å²) < 4.78 is 1.37. The summed E-state index contributed by atoms with van der Waals surface area (Å²) in [5, 5.41) is 20.1. The number of aliphatic carboxylic acids is 1. The van der Waals surface area contributed by atoms with E-state index in [1.54, 1.807) is 13.1 Å². The third-order valence-electron chi connectivity index (χ3n) is 4.92. The van der Waals surface area contributed by atoms with Gasteiger partial charge in [-0.15, -0.1) is 5.10 Å². The number of hydrogen-bond acceptors (Lipinski definition) is 4. The molecule has 7 nitrogen and oxygen atoms in total. The van der Waals surface area contributed by atoms with Crippen molar-refractivity contribution in [2.24, 2.45) is 17.8 Å². The second kappa shape index (κ2) is 7.32. The molecule has 24 heavy (non-hydrogen) atoms. The Balaban J connectivity index is 1.87. The van der Waals surface area contributed by atoms with E-state index in [1.807, 2.05) is 0 Å². The number of carboxylic acid groups (broad SMARTS) is 1. The van der Waals surface area contributed by atoms with Gasteiger partial charge in [-0.05, 0) is 31.6 Å². The van der Waals surface area contributed by atoms with Gasteiger partial charge in [-0.2, -0.15) is 0 Å². The first-order valence-corrected chi connectivity index (χ1v) is 8.65. The van der Waals surface area contributed by atoms with Gasteiger partial charge in [-0.25, -0.2) is 9.48 Å². The second-order valence-corrected chi connectivity index (χ2v) is 7.53. The van der Waals surface area contributed by atoms with Crippen LogP contribution in [0.4, 0.5) is 0 Å². The Morgan fingerprint density at radius 2 is 1.79 bits per heavy atom. The molecule has 2 N–H and O–H groups in total. The van der Waals surface area contributed by atoms with Crippen molar-refractivity contribution in [2.45, 2.75) is 65.5 Å². The van der Waals surface area contributed by atoms with Crippen molar-refractivity contribution >= 4 is 11.9 Å². The van der Waals surface area contributed by atoms with Crippen LogP contribution in [-0.4, -0.2) is 38.0 Å². The zero-order valence-electron chi connectivity index (χ0n) is 15.1. The molecule has 1 fully saturated rings. The van der Waals surface area contributed by atoms with Crippen molar-refractivity contribution < 1.29 is 14.7 Å². The van der Waals surface area contributed by atoms with Gasteiger partial charge in [0, 0.05) is 24.1 Å². The van der Waals surface area contributed by atoms with E-state index >= 15 is 0 Å². The van der Waals surface area contributed by atoms with Crippen molar-refractivity contribution in [3.05, 3.63) is 11.9 Å². The van der Waals surface area contributed by atoms with E-state index in [1.165, 1.54) is 4.68 Å². The minimum atomic E-state index is -0.932. The highest BCUT2D eigenvalue weighted by atomic mass is 16.4. The molecule has 1 aliphatic rings. The molecule has 2 rings (SSSR count). The highest BCUT2D eigenvalue weighted by Crippen LogP contribution is 2.36.